The molecule has 140 valence electrons. The molecule has 0 radical (unpaired) electrons. The molecule has 0 aliphatic carbocycles. The highest BCUT2D eigenvalue weighted by atomic mass is 16.3. The Morgan fingerprint density at radius 3 is 2.46 bits per heavy atom. The molecule has 2 N–H and O–H groups in total. The summed E-state index contributed by atoms with van der Waals surface area (Å²) in [6, 6.07) is 17.1. The van der Waals surface area contributed by atoms with Gasteiger partial charge in [0.1, 0.15) is 5.70 Å². The molecule has 2 heterocycles. The molecule has 8 nitrogen and oxygen atoms in total. The maximum Gasteiger partial charge on any atom is 0.277 e. The van der Waals surface area contributed by atoms with Crippen molar-refractivity contribution >= 4 is 17.5 Å². The van der Waals surface area contributed by atoms with Gasteiger partial charge in [0, 0.05) is 17.3 Å². The van der Waals surface area contributed by atoms with E-state index in [-0.39, 0.29) is 18.8 Å². The van der Waals surface area contributed by atoms with Crippen molar-refractivity contribution in [2.45, 2.75) is 0 Å². The normalized spacial score (nSPS) is 13.8. The first-order valence-corrected chi connectivity index (χ1v) is 8.69. The molecule has 8 heteroatoms. The number of hydrogen-bond acceptors (Lipinski definition) is 6. The molecule has 0 fully saturated rings. The first kappa shape index (κ1) is 17.6. The molecule has 4 rings (SSSR count). The number of aliphatic hydroxyl groups excluding tert-OH is 1. The lowest BCUT2D eigenvalue weighted by atomic mass is 10.1. The summed E-state index contributed by atoms with van der Waals surface area (Å²) in [5.74, 6) is -0.890. The quantitative estimate of drug-likeness (QED) is 0.635. The Balaban J connectivity index is 1.53. The highest BCUT2D eigenvalue weighted by molar-refractivity contribution is 6.17. The van der Waals surface area contributed by atoms with E-state index in [4.69, 9.17) is 5.11 Å². The van der Waals surface area contributed by atoms with E-state index < -0.39 is 11.8 Å². The van der Waals surface area contributed by atoms with Crippen molar-refractivity contribution in [2.75, 3.05) is 18.5 Å². The molecule has 0 saturated carbocycles. The molecule has 0 spiro atoms. The number of carbonyl (C=O) groups excluding carboxylic acids is 2. The van der Waals surface area contributed by atoms with Crippen LogP contribution in [0.5, 0.6) is 0 Å². The Hall–Kier alpha value is -3.78. The van der Waals surface area contributed by atoms with Gasteiger partial charge in [-0.3, -0.25) is 14.5 Å². The molecule has 0 saturated heterocycles. The zero-order chi connectivity index (χ0) is 19.5. The average molecular weight is 375 g/mol. The topological polar surface area (TPSA) is 100 Å². The summed E-state index contributed by atoms with van der Waals surface area (Å²) in [4.78, 5) is 25.0. The molecular formula is C20H17N5O3. The first-order valence-electron chi connectivity index (χ1n) is 8.69. The predicted octanol–water partition coefficient (Wildman–Crippen LogP) is 1.59. The maximum atomic E-state index is 12.2. The van der Waals surface area contributed by atoms with E-state index in [1.807, 2.05) is 42.5 Å². The monoisotopic (exact) mass is 375 g/mol. The number of imide groups is 1. The third-order valence-corrected chi connectivity index (χ3v) is 4.34. The van der Waals surface area contributed by atoms with Crippen molar-refractivity contribution in [3.63, 3.8) is 0 Å². The summed E-state index contributed by atoms with van der Waals surface area (Å²) in [7, 11) is 0. The highest BCUT2D eigenvalue weighted by Crippen LogP contribution is 2.23. The zero-order valence-electron chi connectivity index (χ0n) is 14.8. The predicted molar refractivity (Wildman–Crippen MR) is 102 cm³/mol. The molecule has 1 aliphatic rings. The summed E-state index contributed by atoms with van der Waals surface area (Å²) < 4.78 is 1.73. The molecule has 2 aromatic carbocycles. The van der Waals surface area contributed by atoms with Gasteiger partial charge in [-0.15, -0.1) is 5.10 Å². The Morgan fingerprint density at radius 1 is 1.00 bits per heavy atom. The minimum atomic E-state index is -0.453. The number of carbonyl (C=O) groups is 2. The van der Waals surface area contributed by atoms with Crippen molar-refractivity contribution in [1.82, 2.24) is 19.9 Å². The molecule has 2 amide bonds. The lowest BCUT2D eigenvalue weighted by Crippen LogP contribution is -2.34. The highest BCUT2D eigenvalue weighted by Gasteiger charge is 2.30. The number of amides is 2. The average Bonchev–Trinajstić information content (AvgIpc) is 3.31. The van der Waals surface area contributed by atoms with Gasteiger partial charge < -0.3 is 10.4 Å². The third kappa shape index (κ3) is 3.28. The zero-order valence-corrected chi connectivity index (χ0v) is 14.8. The number of benzene rings is 2. The smallest absolute Gasteiger partial charge is 0.277 e. The van der Waals surface area contributed by atoms with E-state index in [9.17, 15) is 9.59 Å². The summed E-state index contributed by atoms with van der Waals surface area (Å²) >= 11 is 0. The van der Waals surface area contributed by atoms with Crippen molar-refractivity contribution in [2.24, 2.45) is 0 Å². The van der Waals surface area contributed by atoms with Gasteiger partial charge in [0.2, 0.25) is 0 Å². The van der Waals surface area contributed by atoms with Crippen LogP contribution in [-0.2, 0) is 9.59 Å². The summed E-state index contributed by atoms with van der Waals surface area (Å²) in [5, 5.41) is 20.1. The number of nitrogens with zero attached hydrogens (tertiary/aromatic N) is 4. The van der Waals surface area contributed by atoms with Gasteiger partial charge in [0.25, 0.3) is 11.8 Å². The van der Waals surface area contributed by atoms with Crippen LogP contribution >= 0.6 is 0 Å². The Labute approximate surface area is 160 Å². The number of β-amino-alcohol motifs (C(OH)–C–C–N with tert-alkyl or cyclic N) is 1. The Bertz CT molecular complexity index is 1040. The van der Waals surface area contributed by atoms with Gasteiger partial charge in [-0.2, -0.15) is 0 Å². The largest absolute Gasteiger partial charge is 0.395 e. The maximum absolute atomic E-state index is 12.2. The van der Waals surface area contributed by atoms with Crippen LogP contribution in [0.4, 0.5) is 5.69 Å². The molecule has 3 aromatic rings. The first-order chi connectivity index (χ1) is 13.7. The number of rotatable bonds is 6. The van der Waals surface area contributed by atoms with Crippen molar-refractivity contribution in [1.29, 1.82) is 0 Å². The van der Waals surface area contributed by atoms with Gasteiger partial charge in [0.15, 0.2) is 0 Å². The molecule has 28 heavy (non-hydrogen) atoms. The molecule has 1 aliphatic heterocycles. The second-order valence-corrected chi connectivity index (χ2v) is 6.15. The fraction of sp³-hybridized carbons (Fsp3) is 0.100. The lowest BCUT2D eigenvalue weighted by molar-refractivity contribution is -0.137. The number of nitrogens with one attached hydrogen (secondary N) is 1. The van der Waals surface area contributed by atoms with Crippen LogP contribution < -0.4 is 5.32 Å². The van der Waals surface area contributed by atoms with Crippen LogP contribution in [0.1, 0.15) is 0 Å². The van der Waals surface area contributed by atoms with Gasteiger partial charge in [-0.05, 0) is 24.3 Å². The summed E-state index contributed by atoms with van der Waals surface area (Å²) in [6.45, 7) is -0.290. The van der Waals surface area contributed by atoms with Crippen LogP contribution in [-0.4, -0.2) is 50.0 Å². The molecule has 0 bridgehead atoms. The second-order valence-electron chi connectivity index (χ2n) is 6.15. The van der Waals surface area contributed by atoms with Gasteiger partial charge >= 0.3 is 0 Å². The van der Waals surface area contributed by atoms with E-state index in [0.29, 0.717) is 5.69 Å². The SMILES string of the molecule is O=C1C=C(Nc2ccc(-n3nncc3-c3ccccc3)cc2)C(=O)N1CCO. The number of anilines is 1. The van der Waals surface area contributed by atoms with Crippen LogP contribution in [0, 0.1) is 0 Å². The second kappa shape index (κ2) is 7.45. The van der Waals surface area contributed by atoms with E-state index in [1.54, 1.807) is 23.0 Å². The van der Waals surface area contributed by atoms with Crippen LogP contribution in [0.2, 0.25) is 0 Å². The van der Waals surface area contributed by atoms with Crippen LogP contribution in [0.15, 0.2) is 72.6 Å². The van der Waals surface area contributed by atoms with Crippen molar-refractivity contribution in [3.05, 3.63) is 72.6 Å². The minimum absolute atomic E-state index is 0.0210. The van der Waals surface area contributed by atoms with Crippen LogP contribution in [0.25, 0.3) is 16.9 Å². The number of aromatic nitrogens is 3. The third-order valence-electron chi connectivity index (χ3n) is 4.34. The summed E-state index contributed by atoms with van der Waals surface area (Å²) in [5.41, 5.74) is 3.51. The van der Waals surface area contributed by atoms with Gasteiger partial charge in [-0.1, -0.05) is 35.5 Å². The molecule has 1 aromatic heterocycles. The van der Waals surface area contributed by atoms with Gasteiger partial charge in [-0.25, -0.2) is 4.68 Å². The molecule has 0 unspecified atom stereocenters. The van der Waals surface area contributed by atoms with E-state index in [0.717, 1.165) is 21.8 Å². The fourth-order valence-electron chi connectivity index (χ4n) is 2.98. The van der Waals surface area contributed by atoms with E-state index in [1.165, 1.54) is 6.08 Å². The molecule has 0 atom stereocenters. The van der Waals surface area contributed by atoms with Crippen molar-refractivity contribution in [3.8, 4) is 16.9 Å². The fourth-order valence-corrected chi connectivity index (χ4v) is 2.98. The van der Waals surface area contributed by atoms with E-state index >= 15 is 0 Å². The molecular weight excluding hydrogens is 358 g/mol. The number of hydrogen-bond donors (Lipinski definition) is 2. The van der Waals surface area contributed by atoms with Gasteiger partial charge in [0.05, 0.1) is 30.7 Å². The lowest BCUT2D eigenvalue weighted by Gasteiger charge is -2.13. The Kier molecular flexibility index (Phi) is 4.69. The Morgan fingerprint density at radius 2 is 1.75 bits per heavy atom. The summed E-state index contributed by atoms with van der Waals surface area (Å²) in [6.07, 6.45) is 2.93. The standard InChI is InChI=1S/C20H17N5O3/c26-11-10-24-19(27)12-17(20(24)28)22-15-6-8-16(9-7-15)25-18(13-21-23-25)14-4-2-1-3-5-14/h1-9,12-13,22,26H,10-11H2. The van der Waals surface area contributed by atoms with E-state index in [2.05, 4.69) is 15.6 Å². The van der Waals surface area contributed by atoms with Crippen molar-refractivity contribution < 1.29 is 14.7 Å². The minimum Gasteiger partial charge on any atom is -0.395 e. The number of aliphatic hydroxyl groups is 1. The van der Waals surface area contributed by atoms with Crippen LogP contribution in [0.3, 0.4) is 0 Å².